The normalized spacial score (nSPS) is 32.1. The number of nitro groups is 1. The summed E-state index contributed by atoms with van der Waals surface area (Å²) >= 11 is 0. The lowest BCUT2D eigenvalue weighted by Crippen LogP contribution is -2.75. The first-order chi connectivity index (χ1) is 13.2. The molecule has 1 spiro atoms. The summed E-state index contributed by atoms with van der Waals surface area (Å²) in [6.07, 6.45) is -0.677. The molecule has 4 amide bonds. The van der Waals surface area contributed by atoms with Gasteiger partial charge in [0, 0.05) is 37.8 Å². The van der Waals surface area contributed by atoms with Gasteiger partial charge in [-0.2, -0.15) is 0 Å². The van der Waals surface area contributed by atoms with Crippen LogP contribution in [-0.2, 0) is 20.7 Å². The Bertz CT molecular complexity index is 917. The van der Waals surface area contributed by atoms with E-state index in [-0.39, 0.29) is 18.2 Å². The molecule has 10 nitrogen and oxygen atoms in total. The number of urea groups is 1. The number of nitro benzene ring substituents is 1. The van der Waals surface area contributed by atoms with Gasteiger partial charge in [0.2, 0.25) is 11.8 Å². The second-order valence-electron chi connectivity index (χ2n) is 7.59. The van der Waals surface area contributed by atoms with Crippen LogP contribution in [0.1, 0.15) is 19.4 Å². The lowest BCUT2D eigenvalue weighted by atomic mass is 9.66. The number of nitrogens with zero attached hydrogens (tertiary/aromatic N) is 3. The van der Waals surface area contributed by atoms with Gasteiger partial charge in [0.1, 0.15) is 0 Å². The van der Waals surface area contributed by atoms with Gasteiger partial charge in [-0.3, -0.25) is 29.9 Å². The summed E-state index contributed by atoms with van der Waals surface area (Å²) in [5.41, 5.74) is -0.457. The number of amides is 4. The first-order valence-electron chi connectivity index (χ1n) is 9.00. The Morgan fingerprint density at radius 2 is 2.00 bits per heavy atom. The van der Waals surface area contributed by atoms with Crippen molar-refractivity contribution >= 4 is 29.2 Å². The number of carbonyl (C=O) groups excluding carboxylic acids is 3. The summed E-state index contributed by atoms with van der Waals surface area (Å²) in [6, 6.07) is 3.04. The summed E-state index contributed by atoms with van der Waals surface area (Å²) in [7, 11) is 1.32. The zero-order chi connectivity index (χ0) is 20.4. The molecule has 1 N–H and O–H groups in total. The van der Waals surface area contributed by atoms with E-state index in [9.17, 15) is 24.5 Å². The van der Waals surface area contributed by atoms with Crippen LogP contribution in [0.25, 0.3) is 0 Å². The van der Waals surface area contributed by atoms with Gasteiger partial charge in [-0.1, -0.05) is 0 Å². The number of nitrogens with one attached hydrogen (secondary N) is 1. The van der Waals surface area contributed by atoms with Crippen molar-refractivity contribution in [2.24, 2.45) is 5.41 Å². The van der Waals surface area contributed by atoms with Crippen molar-refractivity contribution in [3.8, 4) is 0 Å². The Morgan fingerprint density at radius 3 is 2.68 bits per heavy atom. The van der Waals surface area contributed by atoms with E-state index in [0.717, 1.165) is 10.6 Å². The molecule has 0 radical (unpaired) electrons. The Balaban J connectivity index is 1.93. The van der Waals surface area contributed by atoms with Gasteiger partial charge >= 0.3 is 6.03 Å². The highest BCUT2D eigenvalue weighted by molar-refractivity contribution is 6.20. The number of benzene rings is 1. The Kier molecular flexibility index (Phi) is 3.93. The first-order valence-corrected chi connectivity index (χ1v) is 9.00. The maximum atomic E-state index is 13.3. The second-order valence-corrected chi connectivity index (χ2v) is 7.59. The number of hydrogen-bond donors (Lipinski definition) is 1. The predicted molar refractivity (Wildman–Crippen MR) is 96.7 cm³/mol. The number of hydrogen-bond acceptors (Lipinski definition) is 7. The number of imide groups is 2. The van der Waals surface area contributed by atoms with Gasteiger partial charge in [0.15, 0.2) is 5.41 Å². The van der Waals surface area contributed by atoms with Gasteiger partial charge in [0.05, 0.1) is 23.2 Å². The van der Waals surface area contributed by atoms with Crippen molar-refractivity contribution in [3.05, 3.63) is 33.9 Å². The van der Waals surface area contributed by atoms with Crippen LogP contribution in [0.15, 0.2) is 18.2 Å². The summed E-state index contributed by atoms with van der Waals surface area (Å²) in [5, 5.41) is 13.5. The topological polar surface area (TPSA) is 122 Å². The average Bonchev–Trinajstić information content (AvgIpc) is 2.63. The van der Waals surface area contributed by atoms with E-state index in [1.807, 2.05) is 11.8 Å². The highest BCUT2D eigenvalue weighted by Gasteiger charge is 2.64. The third kappa shape index (κ3) is 2.34. The van der Waals surface area contributed by atoms with Crippen molar-refractivity contribution in [3.63, 3.8) is 0 Å². The van der Waals surface area contributed by atoms with E-state index < -0.39 is 40.3 Å². The van der Waals surface area contributed by atoms with Gasteiger partial charge in [-0.25, -0.2) is 4.79 Å². The zero-order valence-corrected chi connectivity index (χ0v) is 15.7. The molecule has 1 aromatic rings. The molecule has 3 aliphatic rings. The molecule has 0 saturated carbocycles. The molecule has 3 heterocycles. The molecule has 4 rings (SSSR count). The van der Waals surface area contributed by atoms with E-state index in [1.54, 1.807) is 13.0 Å². The summed E-state index contributed by atoms with van der Waals surface area (Å²) in [5.74, 6) is -1.32. The van der Waals surface area contributed by atoms with Gasteiger partial charge in [-0.15, -0.1) is 0 Å². The molecular formula is C18H20N4O6. The molecule has 2 fully saturated rings. The lowest BCUT2D eigenvalue weighted by molar-refractivity contribution is -0.384. The quantitative estimate of drug-likeness (QED) is 0.429. The third-order valence-electron chi connectivity index (χ3n) is 5.86. The van der Waals surface area contributed by atoms with Crippen LogP contribution in [0.4, 0.5) is 16.2 Å². The molecule has 0 aliphatic carbocycles. The summed E-state index contributed by atoms with van der Waals surface area (Å²) < 4.78 is 5.93. The monoisotopic (exact) mass is 388 g/mol. The van der Waals surface area contributed by atoms with Crippen LogP contribution in [-0.4, -0.2) is 59.5 Å². The molecule has 148 valence electrons. The fourth-order valence-corrected chi connectivity index (χ4v) is 4.75. The van der Waals surface area contributed by atoms with Crippen molar-refractivity contribution in [1.82, 2.24) is 10.2 Å². The Morgan fingerprint density at radius 1 is 1.29 bits per heavy atom. The molecular weight excluding hydrogens is 368 g/mol. The smallest absolute Gasteiger partial charge is 0.330 e. The fourth-order valence-electron chi connectivity index (χ4n) is 4.75. The maximum Gasteiger partial charge on any atom is 0.330 e. The standard InChI is InChI=1S/C18H20N4O6/c1-9-8-21-13-5-4-12(22(26)27)6-11(13)7-18(14(21)10(2)28-9)15(23)19-17(25)20(3)16(18)24/h4-6,9-10,14H,7-8H2,1-3H3,(H,19,23,25). The molecule has 4 unspecified atom stereocenters. The molecule has 4 atom stereocenters. The highest BCUT2D eigenvalue weighted by Crippen LogP contribution is 2.48. The largest absolute Gasteiger partial charge is 0.372 e. The molecule has 0 aromatic heterocycles. The van der Waals surface area contributed by atoms with Crippen molar-refractivity contribution in [2.75, 3.05) is 18.5 Å². The van der Waals surface area contributed by atoms with Crippen LogP contribution in [0.2, 0.25) is 0 Å². The van der Waals surface area contributed by atoms with E-state index >= 15 is 0 Å². The number of morpholine rings is 1. The molecule has 10 heteroatoms. The number of non-ortho nitro benzene ring substituents is 1. The SMILES string of the molecule is CC1CN2c3ccc([N+](=O)[O-])cc3CC3(C(=O)NC(=O)N(C)C3=O)C2C(C)O1. The van der Waals surface area contributed by atoms with E-state index in [2.05, 4.69) is 5.32 Å². The number of ether oxygens (including phenoxy) is 1. The molecule has 1 aromatic carbocycles. The van der Waals surface area contributed by atoms with Crippen LogP contribution in [0.3, 0.4) is 0 Å². The summed E-state index contributed by atoms with van der Waals surface area (Å²) in [4.78, 5) is 51.8. The van der Waals surface area contributed by atoms with Crippen LogP contribution in [0.5, 0.6) is 0 Å². The number of barbiturate groups is 1. The van der Waals surface area contributed by atoms with Crippen molar-refractivity contribution in [2.45, 2.75) is 38.5 Å². The predicted octanol–water partition coefficient (Wildman–Crippen LogP) is 0.828. The Labute approximate surface area is 160 Å². The number of anilines is 1. The first kappa shape index (κ1) is 18.4. The van der Waals surface area contributed by atoms with Crippen LogP contribution in [0, 0.1) is 15.5 Å². The zero-order valence-electron chi connectivity index (χ0n) is 15.7. The minimum Gasteiger partial charge on any atom is -0.372 e. The van der Waals surface area contributed by atoms with E-state index in [0.29, 0.717) is 12.1 Å². The number of carbonyl (C=O) groups is 3. The van der Waals surface area contributed by atoms with Gasteiger partial charge in [0.25, 0.3) is 5.69 Å². The van der Waals surface area contributed by atoms with Crippen LogP contribution >= 0.6 is 0 Å². The molecule has 3 aliphatic heterocycles. The summed E-state index contributed by atoms with van der Waals surface area (Å²) in [6.45, 7) is 4.10. The van der Waals surface area contributed by atoms with E-state index in [1.165, 1.54) is 19.2 Å². The molecule has 28 heavy (non-hydrogen) atoms. The maximum absolute atomic E-state index is 13.3. The van der Waals surface area contributed by atoms with Crippen molar-refractivity contribution < 1.29 is 24.0 Å². The van der Waals surface area contributed by atoms with Gasteiger partial charge < -0.3 is 9.64 Å². The fraction of sp³-hybridized carbons (Fsp3) is 0.500. The van der Waals surface area contributed by atoms with Crippen LogP contribution < -0.4 is 10.2 Å². The second kappa shape index (κ2) is 5.99. The Hall–Kier alpha value is -3.01. The van der Waals surface area contributed by atoms with Crippen molar-refractivity contribution in [1.29, 1.82) is 0 Å². The third-order valence-corrected chi connectivity index (χ3v) is 5.86. The molecule has 0 bridgehead atoms. The van der Waals surface area contributed by atoms with Gasteiger partial charge in [-0.05, 0) is 25.5 Å². The minimum absolute atomic E-state index is 0.0461. The van der Waals surface area contributed by atoms with E-state index in [4.69, 9.17) is 4.74 Å². The average molecular weight is 388 g/mol. The minimum atomic E-state index is -1.61. The highest BCUT2D eigenvalue weighted by atomic mass is 16.6. The lowest BCUT2D eigenvalue weighted by Gasteiger charge is -2.56. The number of rotatable bonds is 1. The molecule has 2 saturated heterocycles. The number of fused-ring (bicyclic) bond motifs is 4.